The monoisotopic (exact) mass is 232 g/mol. The fourth-order valence-corrected chi connectivity index (χ4v) is 1.88. The number of rotatable bonds is 4. The molecule has 0 bridgehead atoms. The van der Waals surface area contributed by atoms with Crippen LogP contribution in [0, 0.1) is 0 Å². The molecule has 1 fully saturated rings. The van der Waals surface area contributed by atoms with Gasteiger partial charge in [-0.3, -0.25) is 9.00 Å². The number of hydrogen-bond donors (Lipinski definition) is 2. The number of carbonyl (C=O) groups excluding carboxylic acids is 1. The van der Waals surface area contributed by atoms with E-state index in [0.29, 0.717) is 6.54 Å². The maximum Gasteiger partial charge on any atom is 0.237 e. The highest BCUT2D eigenvalue weighted by atomic mass is 32.2. The Morgan fingerprint density at radius 1 is 1.60 bits per heavy atom. The largest absolute Gasteiger partial charge is 0.354 e. The Morgan fingerprint density at radius 2 is 2.33 bits per heavy atom. The van der Waals surface area contributed by atoms with Crippen molar-refractivity contribution in [2.75, 3.05) is 19.3 Å². The van der Waals surface area contributed by atoms with Crippen LogP contribution >= 0.6 is 0 Å². The number of piperidine rings is 1. The molecule has 3 unspecified atom stereocenters. The van der Waals surface area contributed by atoms with E-state index in [1.807, 2.05) is 6.92 Å². The third kappa shape index (κ3) is 4.30. The molecule has 0 aromatic carbocycles. The zero-order chi connectivity index (χ0) is 11.3. The first kappa shape index (κ1) is 12.6. The Balaban J connectivity index is 2.25. The van der Waals surface area contributed by atoms with Gasteiger partial charge in [0, 0.05) is 28.9 Å². The van der Waals surface area contributed by atoms with Crippen LogP contribution in [0.25, 0.3) is 0 Å². The van der Waals surface area contributed by atoms with Gasteiger partial charge in [0.2, 0.25) is 5.91 Å². The Morgan fingerprint density at radius 3 is 2.87 bits per heavy atom. The number of carbonyl (C=O) groups is 1. The van der Waals surface area contributed by atoms with Gasteiger partial charge in [0.05, 0.1) is 6.04 Å². The van der Waals surface area contributed by atoms with Crippen LogP contribution in [0.3, 0.4) is 0 Å². The predicted molar refractivity (Wildman–Crippen MR) is 62.2 cm³/mol. The summed E-state index contributed by atoms with van der Waals surface area (Å²) < 4.78 is 11.1. The molecule has 1 saturated heterocycles. The molecule has 1 heterocycles. The lowest BCUT2D eigenvalue weighted by Crippen LogP contribution is -2.48. The maximum atomic E-state index is 11.7. The first-order chi connectivity index (χ1) is 7.11. The minimum absolute atomic E-state index is 0.0255. The smallest absolute Gasteiger partial charge is 0.237 e. The summed E-state index contributed by atoms with van der Waals surface area (Å²) in [6.45, 7) is 3.30. The van der Waals surface area contributed by atoms with Crippen molar-refractivity contribution in [3.05, 3.63) is 0 Å². The minimum atomic E-state index is -0.867. The Bertz CT molecular complexity index is 240. The fourth-order valence-electron chi connectivity index (χ4n) is 1.56. The third-order valence-electron chi connectivity index (χ3n) is 2.76. The lowest BCUT2D eigenvalue weighted by Gasteiger charge is -2.23. The Labute approximate surface area is 93.7 Å². The van der Waals surface area contributed by atoms with Crippen LogP contribution in [0.4, 0.5) is 0 Å². The van der Waals surface area contributed by atoms with Crippen molar-refractivity contribution in [1.29, 1.82) is 0 Å². The molecule has 1 amide bonds. The van der Waals surface area contributed by atoms with Gasteiger partial charge in [-0.05, 0) is 26.3 Å². The predicted octanol–water partition coefficient (Wildman–Crippen LogP) is 0.0117. The second-order valence-electron chi connectivity index (χ2n) is 4.06. The zero-order valence-corrected chi connectivity index (χ0v) is 10.2. The maximum absolute atomic E-state index is 11.7. The molecule has 0 spiro atoms. The van der Waals surface area contributed by atoms with E-state index in [1.165, 1.54) is 0 Å². The van der Waals surface area contributed by atoms with Gasteiger partial charge in [0.1, 0.15) is 0 Å². The normalized spacial score (nSPS) is 25.6. The molecule has 1 aliphatic heterocycles. The summed E-state index contributed by atoms with van der Waals surface area (Å²) in [5, 5.41) is 6.05. The Kier molecular flexibility index (Phi) is 5.25. The topological polar surface area (TPSA) is 58.2 Å². The summed E-state index contributed by atoms with van der Waals surface area (Å²) in [6, 6.07) is -0.0451. The lowest BCUT2D eigenvalue weighted by molar-refractivity contribution is -0.123. The van der Waals surface area contributed by atoms with Gasteiger partial charge < -0.3 is 10.6 Å². The summed E-state index contributed by atoms with van der Waals surface area (Å²) in [4.78, 5) is 11.7. The molecule has 15 heavy (non-hydrogen) atoms. The number of amides is 1. The lowest BCUT2D eigenvalue weighted by atomic mass is 10.0. The van der Waals surface area contributed by atoms with Crippen molar-refractivity contribution in [3.63, 3.8) is 0 Å². The second-order valence-corrected chi connectivity index (χ2v) is 5.86. The molecule has 1 rings (SSSR count). The van der Waals surface area contributed by atoms with E-state index in [9.17, 15) is 9.00 Å². The van der Waals surface area contributed by atoms with E-state index in [-0.39, 0.29) is 17.2 Å². The van der Waals surface area contributed by atoms with Gasteiger partial charge >= 0.3 is 0 Å². The van der Waals surface area contributed by atoms with Crippen molar-refractivity contribution in [3.8, 4) is 0 Å². The van der Waals surface area contributed by atoms with E-state index in [1.54, 1.807) is 6.26 Å². The van der Waals surface area contributed by atoms with Crippen LogP contribution in [0.1, 0.15) is 26.2 Å². The molecule has 0 aromatic heterocycles. The third-order valence-corrected chi connectivity index (χ3v) is 4.06. The first-order valence-electron chi connectivity index (χ1n) is 5.44. The van der Waals surface area contributed by atoms with E-state index in [0.717, 1.165) is 25.8 Å². The molecule has 1 aliphatic rings. The zero-order valence-electron chi connectivity index (χ0n) is 9.41. The Hall–Kier alpha value is -0.420. The van der Waals surface area contributed by atoms with Crippen molar-refractivity contribution < 1.29 is 9.00 Å². The van der Waals surface area contributed by atoms with Crippen LogP contribution in [0.2, 0.25) is 0 Å². The van der Waals surface area contributed by atoms with Gasteiger partial charge in [-0.2, -0.15) is 0 Å². The van der Waals surface area contributed by atoms with Crippen LogP contribution < -0.4 is 10.6 Å². The van der Waals surface area contributed by atoms with Crippen LogP contribution in [-0.2, 0) is 15.6 Å². The SMILES string of the molecule is CC(CNC(=O)C1CCCCN1)S(C)=O. The highest BCUT2D eigenvalue weighted by Crippen LogP contribution is 2.06. The highest BCUT2D eigenvalue weighted by Gasteiger charge is 2.20. The summed E-state index contributed by atoms with van der Waals surface area (Å²) in [5.41, 5.74) is 0. The van der Waals surface area contributed by atoms with Crippen molar-refractivity contribution >= 4 is 16.7 Å². The standard InChI is InChI=1S/C10H20N2O2S/c1-8(15(2)14)7-12-10(13)9-5-3-4-6-11-9/h8-9,11H,3-7H2,1-2H3,(H,12,13). The molecule has 0 saturated carbocycles. The van der Waals surface area contributed by atoms with Gasteiger partial charge in [-0.25, -0.2) is 0 Å². The minimum Gasteiger partial charge on any atom is -0.354 e. The molecule has 0 radical (unpaired) electrons. The molecule has 2 N–H and O–H groups in total. The van der Waals surface area contributed by atoms with E-state index >= 15 is 0 Å². The molecule has 3 atom stereocenters. The average molecular weight is 232 g/mol. The van der Waals surface area contributed by atoms with Crippen LogP contribution in [0.15, 0.2) is 0 Å². The average Bonchev–Trinajstić information content (AvgIpc) is 2.26. The van der Waals surface area contributed by atoms with Crippen LogP contribution in [0.5, 0.6) is 0 Å². The van der Waals surface area contributed by atoms with Gasteiger partial charge in [0.25, 0.3) is 0 Å². The van der Waals surface area contributed by atoms with E-state index in [4.69, 9.17) is 0 Å². The molecule has 0 aromatic rings. The summed E-state index contributed by atoms with van der Waals surface area (Å²) in [6.07, 6.45) is 4.84. The summed E-state index contributed by atoms with van der Waals surface area (Å²) in [5.74, 6) is 0.0481. The molecular formula is C10H20N2O2S. The van der Waals surface area contributed by atoms with E-state index < -0.39 is 10.8 Å². The number of nitrogens with one attached hydrogen (secondary N) is 2. The second kappa shape index (κ2) is 6.23. The molecular weight excluding hydrogens is 212 g/mol. The van der Waals surface area contributed by atoms with Crippen molar-refractivity contribution in [2.24, 2.45) is 0 Å². The quantitative estimate of drug-likeness (QED) is 0.718. The van der Waals surface area contributed by atoms with Crippen molar-refractivity contribution in [2.45, 2.75) is 37.5 Å². The summed E-state index contributed by atoms with van der Waals surface area (Å²) in [7, 11) is -0.867. The van der Waals surface area contributed by atoms with Gasteiger partial charge in [0.15, 0.2) is 0 Å². The van der Waals surface area contributed by atoms with Crippen molar-refractivity contribution in [1.82, 2.24) is 10.6 Å². The molecule has 5 heteroatoms. The summed E-state index contributed by atoms with van der Waals surface area (Å²) >= 11 is 0. The fraction of sp³-hybridized carbons (Fsp3) is 0.900. The molecule has 4 nitrogen and oxygen atoms in total. The number of hydrogen-bond acceptors (Lipinski definition) is 3. The van der Waals surface area contributed by atoms with E-state index in [2.05, 4.69) is 10.6 Å². The first-order valence-corrected chi connectivity index (χ1v) is 7.06. The van der Waals surface area contributed by atoms with Crippen LogP contribution in [-0.4, -0.2) is 40.8 Å². The van der Waals surface area contributed by atoms with Gasteiger partial charge in [-0.15, -0.1) is 0 Å². The highest BCUT2D eigenvalue weighted by molar-refractivity contribution is 7.84. The molecule has 88 valence electrons. The van der Waals surface area contributed by atoms with Gasteiger partial charge in [-0.1, -0.05) is 6.42 Å². The molecule has 0 aliphatic carbocycles.